The number of aryl methyl sites for hydroxylation is 1. The van der Waals surface area contributed by atoms with Gasteiger partial charge in [0.15, 0.2) is 5.82 Å². The molecule has 1 saturated heterocycles. The number of amides is 2. The first-order valence-corrected chi connectivity index (χ1v) is 9.80. The smallest absolute Gasteiger partial charge is 0.239 e. The molecule has 3 aliphatic rings. The Morgan fingerprint density at radius 1 is 1.23 bits per heavy atom. The zero-order valence-electron chi connectivity index (χ0n) is 15.4. The van der Waals surface area contributed by atoms with Gasteiger partial charge < -0.3 is 14.7 Å². The van der Waals surface area contributed by atoms with E-state index in [4.69, 9.17) is 4.52 Å². The molecule has 1 aromatic rings. The Hall–Kier alpha value is -1.89. The molecule has 3 fully saturated rings. The number of hydrogen-bond acceptors (Lipinski definition) is 5. The fourth-order valence-corrected chi connectivity index (χ4v) is 4.95. The molecule has 142 valence electrons. The van der Waals surface area contributed by atoms with Crippen LogP contribution in [0.5, 0.6) is 0 Å². The summed E-state index contributed by atoms with van der Waals surface area (Å²) in [5.74, 6) is 3.65. The van der Waals surface area contributed by atoms with Crippen LogP contribution in [0.25, 0.3) is 0 Å². The molecule has 7 nitrogen and oxygen atoms in total. The van der Waals surface area contributed by atoms with Gasteiger partial charge in [0.2, 0.25) is 11.8 Å². The van der Waals surface area contributed by atoms with E-state index >= 15 is 0 Å². The van der Waals surface area contributed by atoms with Crippen LogP contribution in [0.2, 0.25) is 0 Å². The molecule has 2 aliphatic carbocycles. The average molecular weight is 360 g/mol. The molecule has 2 heterocycles. The summed E-state index contributed by atoms with van der Waals surface area (Å²) < 4.78 is 4.95. The summed E-state index contributed by atoms with van der Waals surface area (Å²) in [5, 5.41) is 6.51. The minimum absolute atomic E-state index is 0.0972. The van der Waals surface area contributed by atoms with E-state index in [9.17, 15) is 9.59 Å². The molecule has 2 amide bonds. The quantitative estimate of drug-likeness (QED) is 0.867. The van der Waals surface area contributed by atoms with E-state index in [-0.39, 0.29) is 5.91 Å². The number of carbonyl (C=O) groups excluding carboxylic acids is 2. The highest BCUT2D eigenvalue weighted by molar-refractivity contribution is 5.91. The van der Waals surface area contributed by atoms with E-state index in [1.165, 1.54) is 25.7 Å². The Balaban J connectivity index is 1.19. The van der Waals surface area contributed by atoms with Crippen LogP contribution in [0.1, 0.15) is 37.9 Å². The maximum Gasteiger partial charge on any atom is 0.239 e. The minimum Gasteiger partial charge on any atom is -0.360 e. The van der Waals surface area contributed by atoms with Crippen LogP contribution in [0.3, 0.4) is 0 Å². The molecule has 0 radical (unpaired) electrons. The Labute approximate surface area is 154 Å². The number of hydrogen-bond donors (Lipinski definition) is 1. The first-order valence-electron chi connectivity index (χ1n) is 9.80. The molecular weight excluding hydrogens is 332 g/mol. The van der Waals surface area contributed by atoms with Crippen molar-refractivity contribution in [1.82, 2.24) is 15.0 Å². The monoisotopic (exact) mass is 360 g/mol. The van der Waals surface area contributed by atoms with Gasteiger partial charge in [-0.15, -0.1) is 0 Å². The lowest BCUT2D eigenvalue weighted by Crippen LogP contribution is -2.50. The van der Waals surface area contributed by atoms with Gasteiger partial charge in [0.05, 0.1) is 6.54 Å². The van der Waals surface area contributed by atoms with E-state index in [0.29, 0.717) is 29.9 Å². The van der Waals surface area contributed by atoms with Gasteiger partial charge in [0, 0.05) is 38.7 Å². The summed E-state index contributed by atoms with van der Waals surface area (Å²) in [6.07, 6.45) is 6.05. The van der Waals surface area contributed by atoms with Crippen molar-refractivity contribution in [3.05, 3.63) is 11.8 Å². The number of fused-ring (bicyclic) bond motifs is 2. The summed E-state index contributed by atoms with van der Waals surface area (Å²) in [6, 6.07) is 1.70. The Morgan fingerprint density at radius 3 is 2.65 bits per heavy atom. The van der Waals surface area contributed by atoms with E-state index in [0.717, 1.165) is 44.4 Å². The van der Waals surface area contributed by atoms with Crippen molar-refractivity contribution < 1.29 is 14.1 Å². The fraction of sp³-hybridized carbons (Fsp3) is 0.737. The maximum atomic E-state index is 12.6. The number of anilines is 1. The van der Waals surface area contributed by atoms with Crippen LogP contribution in [-0.4, -0.2) is 59.5 Å². The van der Waals surface area contributed by atoms with E-state index in [1.54, 1.807) is 13.0 Å². The van der Waals surface area contributed by atoms with Crippen molar-refractivity contribution >= 4 is 17.6 Å². The van der Waals surface area contributed by atoms with Crippen molar-refractivity contribution in [2.45, 2.75) is 39.0 Å². The molecule has 3 atom stereocenters. The first kappa shape index (κ1) is 17.5. The lowest BCUT2D eigenvalue weighted by atomic mass is 9.86. The largest absolute Gasteiger partial charge is 0.360 e. The predicted molar refractivity (Wildman–Crippen MR) is 96.4 cm³/mol. The van der Waals surface area contributed by atoms with E-state index in [1.807, 2.05) is 4.90 Å². The second kappa shape index (κ2) is 7.39. The number of nitrogens with one attached hydrogen (secondary N) is 1. The van der Waals surface area contributed by atoms with Crippen molar-refractivity contribution in [3.8, 4) is 0 Å². The Bertz CT molecular complexity index is 665. The highest BCUT2D eigenvalue weighted by atomic mass is 16.5. The predicted octanol–water partition coefficient (Wildman–Crippen LogP) is 1.89. The van der Waals surface area contributed by atoms with E-state index in [2.05, 4.69) is 15.4 Å². The van der Waals surface area contributed by atoms with Crippen LogP contribution in [0.15, 0.2) is 10.6 Å². The second-order valence-corrected chi connectivity index (χ2v) is 8.17. The molecule has 26 heavy (non-hydrogen) atoms. The standard InChI is InChI=1S/C19H28N4O3/c1-13-8-17(21-26-13)20-18(24)12-22-4-6-23(7-5-22)19(25)11-16-10-14-2-3-15(16)9-14/h8,14-16H,2-7,9-12H2,1H3,(H,20,21,24). The number of carbonyl (C=O) groups is 2. The second-order valence-electron chi connectivity index (χ2n) is 8.17. The SMILES string of the molecule is Cc1cc(NC(=O)CN2CCN(C(=O)CC3CC4CCC3C4)CC2)no1. The zero-order chi connectivity index (χ0) is 18.1. The summed E-state index contributed by atoms with van der Waals surface area (Å²) in [4.78, 5) is 28.8. The number of rotatable bonds is 5. The lowest BCUT2D eigenvalue weighted by Gasteiger charge is -2.35. The van der Waals surface area contributed by atoms with Crippen molar-refractivity contribution in [1.29, 1.82) is 0 Å². The number of piperazine rings is 1. The lowest BCUT2D eigenvalue weighted by molar-refractivity contribution is -0.134. The van der Waals surface area contributed by atoms with Gasteiger partial charge in [-0.3, -0.25) is 14.5 Å². The summed E-state index contributed by atoms with van der Waals surface area (Å²) >= 11 is 0. The molecule has 1 aliphatic heterocycles. The minimum atomic E-state index is -0.0972. The third kappa shape index (κ3) is 3.92. The Kier molecular flexibility index (Phi) is 4.98. The third-order valence-corrected chi connectivity index (χ3v) is 6.31. The van der Waals surface area contributed by atoms with Crippen LogP contribution >= 0.6 is 0 Å². The summed E-state index contributed by atoms with van der Waals surface area (Å²) in [5.41, 5.74) is 0. The van der Waals surface area contributed by atoms with Crippen LogP contribution in [0, 0.1) is 24.7 Å². The van der Waals surface area contributed by atoms with Gasteiger partial charge in [-0.25, -0.2) is 0 Å². The zero-order valence-corrected chi connectivity index (χ0v) is 15.4. The topological polar surface area (TPSA) is 78.7 Å². The van der Waals surface area contributed by atoms with Crippen molar-refractivity contribution in [2.24, 2.45) is 17.8 Å². The average Bonchev–Trinajstić information content (AvgIpc) is 3.33. The van der Waals surface area contributed by atoms with E-state index < -0.39 is 0 Å². The van der Waals surface area contributed by atoms with Gasteiger partial charge >= 0.3 is 0 Å². The summed E-state index contributed by atoms with van der Waals surface area (Å²) in [6.45, 7) is 5.03. The van der Waals surface area contributed by atoms with Crippen molar-refractivity contribution in [2.75, 3.05) is 38.0 Å². The fourth-order valence-electron chi connectivity index (χ4n) is 4.95. The maximum absolute atomic E-state index is 12.6. The highest BCUT2D eigenvalue weighted by Crippen LogP contribution is 2.49. The van der Waals surface area contributed by atoms with Crippen LogP contribution in [-0.2, 0) is 9.59 Å². The third-order valence-electron chi connectivity index (χ3n) is 6.31. The van der Waals surface area contributed by atoms with Crippen molar-refractivity contribution in [3.63, 3.8) is 0 Å². The normalized spacial score (nSPS) is 28.5. The van der Waals surface area contributed by atoms with Gasteiger partial charge in [0.1, 0.15) is 5.76 Å². The molecule has 0 aromatic carbocycles. The summed E-state index contributed by atoms with van der Waals surface area (Å²) in [7, 11) is 0. The number of aromatic nitrogens is 1. The van der Waals surface area contributed by atoms with Gasteiger partial charge in [0.25, 0.3) is 0 Å². The first-order chi connectivity index (χ1) is 12.6. The van der Waals surface area contributed by atoms with Gasteiger partial charge in [-0.05, 0) is 43.9 Å². The molecular formula is C19H28N4O3. The molecule has 3 unspecified atom stereocenters. The highest BCUT2D eigenvalue weighted by Gasteiger charge is 2.40. The molecule has 1 aromatic heterocycles. The van der Waals surface area contributed by atoms with Gasteiger partial charge in [-0.2, -0.15) is 0 Å². The Morgan fingerprint density at radius 2 is 2.04 bits per heavy atom. The number of nitrogens with zero attached hydrogens (tertiary/aromatic N) is 3. The molecule has 4 rings (SSSR count). The van der Waals surface area contributed by atoms with Gasteiger partial charge in [-0.1, -0.05) is 11.6 Å². The molecule has 2 saturated carbocycles. The van der Waals surface area contributed by atoms with Crippen LogP contribution < -0.4 is 5.32 Å². The molecule has 2 bridgehead atoms. The molecule has 1 N–H and O–H groups in total. The van der Waals surface area contributed by atoms with Crippen LogP contribution in [0.4, 0.5) is 5.82 Å². The molecule has 7 heteroatoms. The molecule has 0 spiro atoms.